The van der Waals surface area contributed by atoms with Crippen molar-refractivity contribution in [1.29, 1.82) is 0 Å². The molecule has 1 aromatic carbocycles. The van der Waals surface area contributed by atoms with Crippen LogP contribution in [0.15, 0.2) is 59.3 Å². The highest BCUT2D eigenvalue weighted by Gasteiger charge is 2.15. The van der Waals surface area contributed by atoms with Crippen LogP contribution in [-0.4, -0.2) is 19.0 Å². The maximum atomic E-state index is 12.6. The Labute approximate surface area is 159 Å². The van der Waals surface area contributed by atoms with Crippen LogP contribution in [0.2, 0.25) is 0 Å². The highest BCUT2D eigenvalue weighted by atomic mass is 32.1. The predicted octanol–water partition coefficient (Wildman–Crippen LogP) is 4.88. The largest absolute Gasteiger partial charge is 0.465 e. The Hall–Kier alpha value is -2.70. The van der Waals surface area contributed by atoms with Crippen LogP contribution < -0.4 is 0 Å². The molecular weight excluding hydrogens is 368 g/mol. The van der Waals surface area contributed by atoms with Gasteiger partial charge in [0.2, 0.25) is 0 Å². The summed E-state index contributed by atoms with van der Waals surface area (Å²) in [4.78, 5) is 25.9. The summed E-state index contributed by atoms with van der Waals surface area (Å²) in [6.45, 7) is 0.132. The lowest BCUT2D eigenvalue weighted by molar-refractivity contribution is -0.137. The molecule has 0 N–H and O–H groups in total. The van der Waals surface area contributed by atoms with Crippen LogP contribution in [0.4, 0.5) is 0 Å². The van der Waals surface area contributed by atoms with Crippen LogP contribution in [0.25, 0.3) is 11.6 Å². The summed E-state index contributed by atoms with van der Waals surface area (Å²) in [6.07, 6.45) is 1.85. The molecule has 0 fully saturated rings. The number of benzene rings is 1. The van der Waals surface area contributed by atoms with Crippen molar-refractivity contribution in [1.82, 2.24) is 0 Å². The lowest BCUT2D eigenvalue weighted by Gasteiger charge is -2.08. The smallest absolute Gasteiger partial charge is 0.339 e. The first-order chi connectivity index (χ1) is 12.7. The molecule has 0 aliphatic rings. The summed E-state index contributed by atoms with van der Waals surface area (Å²) in [5, 5.41) is 3.89. The van der Waals surface area contributed by atoms with E-state index in [1.54, 1.807) is 35.6 Å². The van der Waals surface area contributed by atoms with Gasteiger partial charge in [-0.15, -0.1) is 22.7 Å². The minimum Gasteiger partial charge on any atom is -0.465 e. The van der Waals surface area contributed by atoms with Crippen LogP contribution in [0.3, 0.4) is 0 Å². The monoisotopic (exact) mass is 384 g/mol. The topological polar surface area (TPSA) is 52.6 Å². The van der Waals surface area contributed by atoms with E-state index >= 15 is 0 Å². The van der Waals surface area contributed by atoms with Crippen molar-refractivity contribution in [2.45, 2.75) is 6.61 Å². The number of hydrogen-bond donors (Lipinski definition) is 0. The van der Waals surface area contributed by atoms with E-state index in [-0.39, 0.29) is 12.6 Å². The zero-order chi connectivity index (χ0) is 18.4. The van der Waals surface area contributed by atoms with E-state index in [0.29, 0.717) is 11.1 Å². The van der Waals surface area contributed by atoms with E-state index in [1.165, 1.54) is 18.4 Å². The molecule has 26 heavy (non-hydrogen) atoms. The van der Waals surface area contributed by atoms with E-state index in [9.17, 15) is 9.59 Å². The summed E-state index contributed by atoms with van der Waals surface area (Å²) < 4.78 is 10.1. The third-order valence-corrected chi connectivity index (χ3v) is 5.30. The van der Waals surface area contributed by atoms with Crippen molar-refractivity contribution in [3.8, 4) is 0 Å². The van der Waals surface area contributed by atoms with Gasteiger partial charge in [-0.1, -0.05) is 24.3 Å². The van der Waals surface area contributed by atoms with Crippen molar-refractivity contribution >= 4 is 46.3 Å². The van der Waals surface area contributed by atoms with Crippen LogP contribution in [0.5, 0.6) is 0 Å². The normalized spacial score (nSPS) is 11.2. The molecule has 2 aromatic heterocycles. The Balaban J connectivity index is 1.71. The van der Waals surface area contributed by atoms with Gasteiger partial charge in [-0.05, 0) is 46.7 Å². The zero-order valence-electron chi connectivity index (χ0n) is 14.0. The number of hydrogen-bond acceptors (Lipinski definition) is 6. The second kappa shape index (κ2) is 8.60. The first kappa shape index (κ1) is 18.1. The molecular formula is C20H16O4S2. The van der Waals surface area contributed by atoms with Gasteiger partial charge in [0, 0.05) is 9.75 Å². The summed E-state index contributed by atoms with van der Waals surface area (Å²) in [5.41, 5.74) is 1.79. The molecule has 2 heterocycles. The van der Waals surface area contributed by atoms with Gasteiger partial charge in [-0.3, -0.25) is 0 Å². The molecule has 0 saturated heterocycles. The third kappa shape index (κ3) is 4.47. The maximum Gasteiger partial charge on any atom is 0.339 e. The Morgan fingerprint density at radius 1 is 1.00 bits per heavy atom. The lowest BCUT2D eigenvalue weighted by Crippen LogP contribution is -2.07. The number of carbonyl (C=O) groups is 2. The van der Waals surface area contributed by atoms with Crippen LogP contribution in [0.1, 0.15) is 25.7 Å². The molecule has 0 unspecified atom stereocenters. The molecule has 132 valence electrons. The van der Waals surface area contributed by atoms with E-state index in [2.05, 4.69) is 4.74 Å². The van der Waals surface area contributed by atoms with Gasteiger partial charge in [0.15, 0.2) is 0 Å². The van der Waals surface area contributed by atoms with Gasteiger partial charge in [0.25, 0.3) is 0 Å². The first-order valence-corrected chi connectivity index (χ1v) is 9.57. The van der Waals surface area contributed by atoms with E-state index in [1.807, 2.05) is 41.1 Å². The van der Waals surface area contributed by atoms with Gasteiger partial charge in [-0.2, -0.15) is 0 Å². The minimum absolute atomic E-state index is 0.132. The summed E-state index contributed by atoms with van der Waals surface area (Å²) in [7, 11) is 1.34. The van der Waals surface area contributed by atoms with Gasteiger partial charge in [-0.25, -0.2) is 9.59 Å². The molecule has 6 heteroatoms. The third-order valence-electron chi connectivity index (χ3n) is 3.58. The second-order valence-electron chi connectivity index (χ2n) is 5.32. The van der Waals surface area contributed by atoms with Gasteiger partial charge >= 0.3 is 11.9 Å². The van der Waals surface area contributed by atoms with Crippen LogP contribution in [-0.2, 0) is 20.9 Å². The van der Waals surface area contributed by atoms with Crippen molar-refractivity contribution in [2.75, 3.05) is 7.11 Å². The molecule has 0 atom stereocenters. The summed E-state index contributed by atoms with van der Waals surface area (Å²) in [5.74, 6) is -0.773. The number of carbonyl (C=O) groups excluding carboxylic acids is 2. The zero-order valence-corrected chi connectivity index (χ0v) is 15.6. The van der Waals surface area contributed by atoms with Crippen LogP contribution >= 0.6 is 22.7 Å². The van der Waals surface area contributed by atoms with E-state index in [4.69, 9.17) is 4.74 Å². The number of thiophene rings is 2. The van der Waals surface area contributed by atoms with Gasteiger partial charge in [0.1, 0.15) is 6.61 Å². The SMILES string of the molecule is COC(=O)c1ccc(COC(=O)C(=Cc2cccs2)c2cccs2)cc1. The first-order valence-electron chi connectivity index (χ1n) is 7.81. The Morgan fingerprint density at radius 2 is 1.73 bits per heavy atom. The van der Waals surface area contributed by atoms with Crippen molar-refractivity contribution in [2.24, 2.45) is 0 Å². The van der Waals surface area contributed by atoms with E-state index in [0.717, 1.165) is 15.3 Å². The fourth-order valence-corrected chi connectivity index (χ4v) is 3.65. The van der Waals surface area contributed by atoms with Crippen molar-refractivity contribution < 1.29 is 19.1 Å². The molecule has 0 spiro atoms. The van der Waals surface area contributed by atoms with Gasteiger partial charge in [0.05, 0.1) is 18.2 Å². The van der Waals surface area contributed by atoms with E-state index < -0.39 is 5.97 Å². The Morgan fingerprint density at radius 3 is 2.35 bits per heavy atom. The average molecular weight is 384 g/mol. The lowest BCUT2D eigenvalue weighted by atomic mass is 10.1. The highest BCUT2D eigenvalue weighted by Crippen LogP contribution is 2.26. The molecule has 3 aromatic rings. The predicted molar refractivity (Wildman–Crippen MR) is 104 cm³/mol. The number of ether oxygens (including phenoxy) is 2. The minimum atomic E-state index is -0.396. The number of rotatable bonds is 6. The number of esters is 2. The maximum absolute atomic E-state index is 12.6. The Kier molecular flexibility index (Phi) is 5.99. The highest BCUT2D eigenvalue weighted by molar-refractivity contribution is 7.12. The molecule has 0 radical (unpaired) electrons. The number of methoxy groups -OCH3 is 1. The fraction of sp³-hybridized carbons (Fsp3) is 0.100. The summed E-state index contributed by atoms with van der Waals surface area (Å²) >= 11 is 3.06. The average Bonchev–Trinajstić information content (AvgIpc) is 3.37. The quantitative estimate of drug-likeness (QED) is 0.449. The summed E-state index contributed by atoms with van der Waals surface area (Å²) in [6, 6.07) is 14.5. The molecule has 0 aliphatic heterocycles. The molecule has 4 nitrogen and oxygen atoms in total. The molecule has 0 amide bonds. The second-order valence-corrected chi connectivity index (χ2v) is 7.24. The fourth-order valence-electron chi connectivity index (χ4n) is 2.26. The van der Waals surface area contributed by atoms with Crippen LogP contribution in [0, 0.1) is 0 Å². The Bertz CT molecular complexity index is 892. The van der Waals surface area contributed by atoms with Crippen molar-refractivity contribution in [3.05, 3.63) is 80.2 Å². The molecule has 0 aliphatic carbocycles. The molecule has 0 saturated carbocycles. The standard InChI is InChI=1S/C20H16O4S2/c1-23-19(21)15-8-6-14(7-9-15)13-24-20(22)17(18-5-3-11-26-18)12-16-4-2-10-25-16/h2-12H,13H2,1H3. The molecule has 0 bridgehead atoms. The van der Waals surface area contributed by atoms with Crippen molar-refractivity contribution in [3.63, 3.8) is 0 Å². The molecule has 3 rings (SSSR count). The van der Waals surface area contributed by atoms with Gasteiger partial charge < -0.3 is 9.47 Å².